The maximum absolute atomic E-state index is 13.0. The van der Waals surface area contributed by atoms with Crippen molar-refractivity contribution >= 4 is 17.5 Å². The number of aryl methyl sites for hydroxylation is 2. The number of nitrogens with one attached hydrogen (secondary N) is 2. The number of carbonyl (C=O) groups excluding carboxylic acids is 2. The van der Waals surface area contributed by atoms with Crippen molar-refractivity contribution in [2.75, 3.05) is 5.32 Å². The van der Waals surface area contributed by atoms with Gasteiger partial charge in [-0.3, -0.25) is 19.0 Å². The molecule has 2 N–H and O–H groups in total. The summed E-state index contributed by atoms with van der Waals surface area (Å²) in [5, 5.41) is 12.7. The first kappa shape index (κ1) is 20.2. The van der Waals surface area contributed by atoms with E-state index < -0.39 is 30.2 Å². The molecule has 3 rings (SSSR count). The van der Waals surface area contributed by atoms with Gasteiger partial charge in [-0.1, -0.05) is 0 Å². The smallest absolute Gasteiger partial charge is 0.433 e. The lowest BCUT2D eigenvalue weighted by Crippen LogP contribution is -2.27. The third-order valence-corrected chi connectivity index (χ3v) is 3.81. The van der Waals surface area contributed by atoms with Crippen LogP contribution in [0.1, 0.15) is 27.6 Å². The SMILES string of the molecule is Cc1cc(C(F)(F)F)n(CC(=O)Nc2cn(C)nc2C(=O)NCc2ccco2)n1. The van der Waals surface area contributed by atoms with Gasteiger partial charge >= 0.3 is 6.18 Å². The number of hydrogen-bond donors (Lipinski definition) is 2. The van der Waals surface area contributed by atoms with Gasteiger partial charge in [0.05, 0.1) is 24.2 Å². The summed E-state index contributed by atoms with van der Waals surface area (Å²) in [5.41, 5.74) is -0.927. The fourth-order valence-corrected chi connectivity index (χ4v) is 2.63. The lowest BCUT2D eigenvalue weighted by atomic mass is 10.3. The van der Waals surface area contributed by atoms with Crippen LogP contribution in [0.25, 0.3) is 0 Å². The Kier molecular flexibility index (Phi) is 5.43. The lowest BCUT2D eigenvalue weighted by Gasteiger charge is -2.10. The van der Waals surface area contributed by atoms with E-state index in [-0.39, 0.29) is 23.6 Å². The third kappa shape index (κ3) is 4.83. The minimum Gasteiger partial charge on any atom is -0.467 e. The second-order valence-corrected chi connectivity index (χ2v) is 6.20. The molecule has 9 nitrogen and oxygen atoms in total. The highest BCUT2D eigenvalue weighted by atomic mass is 19.4. The van der Waals surface area contributed by atoms with E-state index in [9.17, 15) is 22.8 Å². The molecule has 0 atom stereocenters. The molecule has 0 aliphatic carbocycles. The van der Waals surface area contributed by atoms with Crippen LogP contribution in [0.5, 0.6) is 0 Å². The number of alkyl halides is 3. The van der Waals surface area contributed by atoms with Crippen LogP contribution < -0.4 is 10.6 Å². The largest absolute Gasteiger partial charge is 0.467 e. The second-order valence-electron chi connectivity index (χ2n) is 6.20. The van der Waals surface area contributed by atoms with Gasteiger partial charge in [0.1, 0.15) is 18.0 Å². The molecule has 0 radical (unpaired) electrons. The number of anilines is 1. The van der Waals surface area contributed by atoms with Gasteiger partial charge in [0, 0.05) is 13.2 Å². The maximum Gasteiger partial charge on any atom is 0.433 e. The number of carbonyl (C=O) groups is 2. The second kappa shape index (κ2) is 7.81. The number of nitrogens with zero attached hydrogens (tertiary/aromatic N) is 4. The fourth-order valence-electron chi connectivity index (χ4n) is 2.63. The molecule has 3 aromatic heterocycles. The molecule has 3 aromatic rings. The summed E-state index contributed by atoms with van der Waals surface area (Å²) in [6, 6.07) is 4.19. The van der Waals surface area contributed by atoms with Crippen molar-refractivity contribution in [3.63, 3.8) is 0 Å². The van der Waals surface area contributed by atoms with Gasteiger partial charge in [0.2, 0.25) is 5.91 Å². The monoisotopic (exact) mass is 410 g/mol. The van der Waals surface area contributed by atoms with Crippen molar-refractivity contribution in [2.45, 2.75) is 26.2 Å². The van der Waals surface area contributed by atoms with Crippen LogP contribution in [0.2, 0.25) is 0 Å². The predicted molar refractivity (Wildman–Crippen MR) is 93.7 cm³/mol. The number of hydrogen-bond acceptors (Lipinski definition) is 5. The molecular formula is C17H17F3N6O3. The fraction of sp³-hybridized carbons (Fsp3) is 0.294. The van der Waals surface area contributed by atoms with E-state index in [1.54, 1.807) is 12.1 Å². The molecule has 12 heteroatoms. The Balaban J connectivity index is 1.71. The molecule has 0 bridgehead atoms. The maximum atomic E-state index is 13.0. The van der Waals surface area contributed by atoms with Crippen LogP contribution in [-0.4, -0.2) is 31.4 Å². The first-order valence-corrected chi connectivity index (χ1v) is 8.39. The standard InChI is InChI=1S/C17H17F3N6O3/c1-10-6-13(17(18,19)20)26(23-10)9-14(27)22-12-8-25(2)24-15(12)16(28)21-7-11-4-3-5-29-11/h3-6,8H,7,9H2,1-2H3,(H,21,28)(H,22,27). The Hall–Kier alpha value is -3.57. The number of halogens is 3. The summed E-state index contributed by atoms with van der Waals surface area (Å²) in [4.78, 5) is 24.6. The highest BCUT2D eigenvalue weighted by Crippen LogP contribution is 2.29. The molecule has 3 heterocycles. The summed E-state index contributed by atoms with van der Waals surface area (Å²) in [6.45, 7) is 0.828. The molecule has 0 saturated heterocycles. The molecule has 2 amide bonds. The molecule has 0 fully saturated rings. The van der Waals surface area contributed by atoms with Crippen LogP contribution in [0.4, 0.5) is 18.9 Å². The van der Waals surface area contributed by atoms with Gasteiger partial charge in [-0.25, -0.2) is 0 Å². The van der Waals surface area contributed by atoms with Crippen molar-refractivity contribution in [3.8, 4) is 0 Å². The van der Waals surface area contributed by atoms with E-state index in [4.69, 9.17) is 4.42 Å². The number of amides is 2. The summed E-state index contributed by atoms with van der Waals surface area (Å²) < 4.78 is 46.1. The lowest BCUT2D eigenvalue weighted by molar-refractivity contribution is -0.144. The molecule has 0 unspecified atom stereocenters. The quantitative estimate of drug-likeness (QED) is 0.647. The van der Waals surface area contributed by atoms with E-state index in [1.807, 2.05) is 0 Å². The van der Waals surface area contributed by atoms with Crippen LogP contribution >= 0.6 is 0 Å². The van der Waals surface area contributed by atoms with E-state index in [1.165, 1.54) is 31.1 Å². The molecule has 154 valence electrons. The van der Waals surface area contributed by atoms with E-state index in [0.29, 0.717) is 10.4 Å². The first-order chi connectivity index (χ1) is 13.6. The molecule has 0 aliphatic rings. The minimum atomic E-state index is -4.65. The van der Waals surface area contributed by atoms with E-state index in [2.05, 4.69) is 20.8 Å². The Morgan fingerprint density at radius 3 is 2.69 bits per heavy atom. The van der Waals surface area contributed by atoms with Gasteiger partial charge in [0.15, 0.2) is 5.69 Å². The number of aromatic nitrogens is 4. The van der Waals surface area contributed by atoms with Gasteiger partial charge in [0.25, 0.3) is 5.91 Å². The summed E-state index contributed by atoms with van der Waals surface area (Å²) in [6.07, 6.45) is -1.81. The van der Waals surface area contributed by atoms with Gasteiger partial charge in [-0.2, -0.15) is 23.4 Å². The van der Waals surface area contributed by atoms with Crippen molar-refractivity contribution in [2.24, 2.45) is 7.05 Å². The average molecular weight is 410 g/mol. The molecule has 0 aliphatic heterocycles. The number of furan rings is 1. The normalized spacial score (nSPS) is 11.5. The zero-order valence-corrected chi connectivity index (χ0v) is 15.4. The Morgan fingerprint density at radius 2 is 2.03 bits per heavy atom. The van der Waals surface area contributed by atoms with Crippen molar-refractivity contribution in [1.82, 2.24) is 24.9 Å². The zero-order valence-electron chi connectivity index (χ0n) is 15.4. The van der Waals surface area contributed by atoms with Gasteiger partial charge in [-0.15, -0.1) is 0 Å². The topological polar surface area (TPSA) is 107 Å². The Bertz CT molecular complexity index is 1020. The predicted octanol–water partition coefficient (Wildman–Crippen LogP) is 2.11. The van der Waals surface area contributed by atoms with E-state index in [0.717, 1.165) is 6.07 Å². The van der Waals surface area contributed by atoms with Crippen LogP contribution in [0.3, 0.4) is 0 Å². The minimum absolute atomic E-state index is 0.0619. The van der Waals surface area contributed by atoms with Crippen LogP contribution in [0.15, 0.2) is 35.1 Å². The molecular weight excluding hydrogens is 393 g/mol. The van der Waals surface area contributed by atoms with Crippen LogP contribution in [-0.2, 0) is 31.1 Å². The van der Waals surface area contributed by atoms with Gasteiger partial charge < -0.3 is 15.1 Å². The summed E-state index contributed by atoms with van der Waals surface area (Å²) >= 11 is 0. The number of rotatable bonds is 6. The van der Waals surface area contributed by atoms with Crippen molar-refractivity contribution in [3.05, 3.63) is 53.5 Å². The Labute approximate surface area is 162 Å². The third-order valence-electron chi connectivity index (χ3n) is 3.81. The average Bonchev–Trinajstić information content (AvgIpc) is 3.33. The molecule has 0 spiro atoms. The molecule has 29 heavy (non-hydrogen) atoms. The highest BCUT2D eigenvalue weighted by molar-refractivity contribution is 6.02. The van der Waals surface area contributed by atoms with Crippen LogP contribution in [0, 0.1) is 6.92 Å². The van der Waals surface area contributed by atoms with Gasteiger partial charge in [-0.05, 0) is 25.1 Å². The molecule has 0 aromatic carbocycles. The summed E-state index contributed by atoms with van der Waals surface area (Å²) in [5.74, 6) is -0.844. The van der Waals surface area contributed by atoms with Crippen molar-refractivity contribution in [1.29, 1.82) is 0 Å². The highest BCUT2D eigenvalue weighted by Gasteiger charge is 2.36. The van der Waals surface area contributed by atoms with Crippen molar-refractivity contribution < 1.29 is 27.2 Å². The first-order valence-electron chi connectivity index (χ1n) is 8.39. The molecule has 0 saturated carbocycles. The zero-order chi connectivity index (χ0) is 21.2. The summed E-state index contributed by atoms with van der Waals surface area (Å²) in [7, 11) is 1.54. The Morgan fingerprint density at radius 1 is 1.28 bits per heavy atom. The van der Waals surface area contributed by atoms with E-state index >= 15 is 0 Å².